The van der Waals surface area contributed by atoms with Gasteiger partial charge in [0, 0.05) is 12.1 Å². The first-order valence-corrected chi connectivity index (χ1v) is 8.43. The average Bonchev–Trinajstić information content (AvgIpc) is 2.60. The first-order valence-electron chi connectivity index (χ1n) is 6.95. The van der Waals surface area contributed by atoms with E-state index in [0.29, 0.717) is 0 Å². The summed E-state index contributed by atoms with van der Waals surface area (Å²) in [5, 5.41) is 29.5. The van der Waals surface area contributed by atoms with Crippen LogP contribution in [0.2, 0.25) is 0 Å². The zero-order valence-corrected chi connectivity index (χ0v) is 13.5. The molecule has 0 aliphatic carbocycles. The van der Waals surface area contributed by atoms with Crippen molar-refractivity contribution < 1.29 is 28.3 Å². The van der Waals surface area contributed by atoms with Crippen molar-refractivity contribution in [1.82, 2.24) is 4.72 Å². The molecule has 0 aliphatic rings. The van der Waals surface area contributed by atoms with Crippen molar-refractivity contribution in [3.8, 4) is 0 Å². The minimum absolute atomic E-state index is 0.253. The molecule has 9 nitrogen and oxygen atoms in total. The van der Waals surface area contributed by atoms with Gasteiger partial charge in [-0.25, -0.2) is 17.9 Å². The Bertz CT molecular complexity index is 867. The van der Waals surface area contributed by atoms with Crippen molar-refractivity contribution in [3.05, 3.63) is 70.3 Å². The number of benzene rings is 2. The largest absolute Gasteiger partial charge is 0.479 e. The molecule has 0 heterocycles. The van der Waals surface area contributed by atoms with E-state index in [-0.39, 0.29) is 16.1 Å². The molecule has 25 heavy (non-hydrogen) atoms. The predicted molar refractivity (Wildman–Crippen MR) is 86.2 cm³/mol. The number of carbonyl (C=O) groups is 1. The Morgan fingerprint density at radius 2 is 1.64 bits per heavy atom. The van der Waals surface area contributed by atoms with Crippen LogP contribution >= 0.6 is 0 Å². The zero-order chi connectivity index (χ0) is 18.6. The summed E-state index contributed by atoms with van der Waals surface area (Å²) in [6.07, 6.45) is -2.02. The summed E-state index contributed by atoms with van der Waals surface area (Å²) in [4.78, 5) is 20.8. The van der Waals surface area contributed by atoms with Gasteiger partial charge in [0.05, 0.1) is 15.9 Å². The first-order chi connectivity index (χ1) is 11.7. The highest BCUT2D eigenvalue weighted by Gasteiger charge is 2.31. The Kier molecular flexibility index (Phi) is 5.47. The second-order valence-electron chi connectivity index (χ2n) is 5.04. The van der Waals surface area contributed by atoms with Crippen molar-refractivity contribution in [3.63, 3.8) is 0 Å². The molecule has 0 aromatic heterocycles. The van der Waals surface area contributed by atoms with E-state index >= 15 is 0 Å². The number of non-ortho nitro benzene ring substituents is 1. The molecule has 2 atom stereocenters. The molecular formula is C15H14N2O7S. The standard InChI is InChI=1S/C15H14N2O7S/c18-14(15(19)20)13(10-4-2-1-3-5-10)16-25(23,24)12-8-6-11(7-9-12)17(21)22/h1-9,13-14,16,18H,(H,19,20)/t13-,14+/m0/s1. The molecule has 0 bridgehead atoms. The van der Waals surface area contributed by atoms with E-state index in [2.05, 4.69) is 4.72 Å². The summed E-state index contributed by atoms with van der Waals surface area (Å²) in [6, 6.07) is 10.4. The Morgan fingerprint density at radius 3 is 2.12 bits per heavy atom. The summed E-state index contributed by atoms with van der Waals surface area (Å²) in [7, 11) is -4.22. The highest BCUT2D eigenvalue weighted by Crippen LogP contribution is 2.22. The third kappa shape index (κ3) is 4.38. The Hall–Kier alpha value is -2.82. The number of aliphatic hydroxyl groups excluding tert-OH is 1. The lowest BCUT2D eigenvalue weighted by molar-refractivity contribution is -0.384. The van der Waals surface area contributed by atoms with Gasteiger partial charge in [0.25, 0.3) is 5.69 Å². The van der Waals surface area contributed by atoms with E-state index in [9.17, 15) is 28.4 Å². The molecule has 0 radical (unpaired) electrons. The molecule has 0 spiro atoms. The summed E-state index contributed by atoms with van der Waals surface area (Å²) in [5.41, 5.74) is -0.0352. The van der Waals surface area contributed by atoms with Crippen LogP contribution in [0, 0.1) is 10.1 Å². The maximum Gasteiger partial charge on any atom is 0.334 e. The van der Waals surface area contributed by atoms with Crippen LogP contribution in [0.3, 0.4) is 0 Å². The van der Waals surface area contributed by atoms with Gasteiger partial charge in [-0.05, 0) is 17.7 Å². The number of nitrogens with one attached hydrogen (secondary N) is 1. The molecule has 0 fully saturated rings. The number of carboxylic acid groups (broad SMARTS) is 1. The van der Waals surface area contributed by atoms with Gasteiger partial charge in [-0.15, -0.1) is 0 Å². The van der Waals surface area contributed by atoms with Crippen LogP contribution in [0.15, 0.2) is 59.5 Å². The number of carboxylic acids is 1. The number of hydrogen-bond acceptors (Lipinski definition) is 6. The van der Waals surface area contributed by atoms with Crippen molar-refractivity contribution in [2.75, 3.05) is 0 Å². The highest BCUT2D eigenvalue weighted by molar-refractivity contribution is 7.89. The average molecular weight is 366 g/mol. The zero-order valence-electron chi connectivity index (χ0n) is 12.6. The van der Waals surface area contributed by atoms with Gasteiger partial charge >= 0.3 is 5.97 Å². The van der Waals surface area contributed by atoms with Crippen molar-refractivity contribution >= 4 is 21.7 Å². The van der Waals surface area contributed by atoms with Gasteiger partial charge in [0.2, 0.25) is 10.0 Å². The smallest absolute Gasteiger partial charge is 0.334 e. The number of nitro groups is 1. The van der Waals surface area contributed by atoms with E-state index < -0.39 is 33.1 Å². The quantitative estimate of drug-likeness (QED) is 0.490. The molecule has 0 saturated carbocycles. The maximum atomic E-state index is 12.4. The molecule has 0 unspecified atom stereocenters. The van der Waals surface area contributed by atoms with E-state index in [1.165, 1.54) is 12.1 Å². The van der Waals surface area contributed by atoms with Crippen LogP contribution < -0.4 is 4.72 Å². The van der Waals surface area contributed by atoms with E-state index in [0.717, 1.165) is 24.3 Å². The summed E-state index contributed by atoms with van der Waals surface area (Å²) in [5.74, 6) is -1.60. The number of nitrogens with zero attached hydrogens (tertiary/aromatic N) is 1. The second kappa shape index (κ2) is 7.38. The molecule has 132 valence electrons. The van der Waals surface area contributed by atoms with E-state index in [4.69, 9.17) is 5.11 Å². The number of rotatable bonds is 7. The third-order valence-corrected chi connectivity index (χ3v) is 4.82. The Labute approximate surface area is 142 Å². The molecule has 0 saturated heterocycles. The minimum Gasteiger partial charge on any atom is -0.479 e. The number of hydrogen-bond donors (Lipinski definition) is 3. The maximum absolute atomic E-state index is 12.4. The normalized spacial score (nSPS) is 13.8. The molecule has 2 rings (SSSR count). The number of aliphatic carboxylic acids is 1. The number of aliphatic hydroxyl groups is 1. The fraction of sp³-hybridized carbons (Fsp3) is 0.133. The van der Waals surface area contributed by atoms with Gasteiger partial charge in [-0.3, -0.25) is 10.1 Å². The van der Waals surface area contributed by atoms with Crippen molar-refractivity contribution in [2.45, 2.75) is 17.0 Å². The number of nitro benzene ring substituents is 1. The van der Waals surface area contributed by atoms with Crippen LogP contribution in [-0.2, 0) is 14.8 Å². The Morgan fingerprint density at radius 1 is 1.08 bits per heavy atom. The van der Waals surface area contributed by atoms with Crippen LogP contribution in [0.1, 0.15) is 11.6 Å². The SMILES string of the molecule is O=C(O)[C@H](O)[C@@H](NS(=O)(=O)c1ccc([N+](=O)[O-])cc1)c1ccccc1. The molecule has 0 amide bonds. The van der Waals surface area contributed by atoms with Crippen LogP contribution in [-0.4, -0.2) is 35.6 Å². The highest BCUT2D eigenvalue weighted by atomic mass is 32.2. The van der Waals surface area contributed by atoms with Gasteiger partial charge in [-0.2, -0.15) is 0 Å². The molecule has 10 heteroatoms. The van der Waals surface area contributed by atoms with Gasteiger partial charge in [0.15, 0.2) is 6.10 Å². The lowest BCUT2D eigenvalue weighted by Crippen LogP contribution is -2.40. The molecule has 0 aliphatic heterocycles. The predicted octanol–water partition coefficient (Wildman–Crippen LogP) is 1.06. The number of sulfonamides is 1. The van der Waals surface area contributed by atoms with E-state index in [1.54, 1.807) is 18.2 Å². The van der Waals surface area contributed by atoms with Gasteiger partial charge in [0.1, 0.15) is 0 Å². The second-order valence-corrected chi connectivity index (χ2v) is 6.76. The summed E-state index contributed by atoms with van der Waals surface area (Å²) >= 11 is 0. The third-order valence-electron chi connectivity index (χ3n) is 3.37. The lowest BCUT2D eigenvalue weighted by atomic mass is 10.0. The van der Waals surface area contributed by atoms with Crippen molar-refractivity contribution in [2.24, 2.45) is 0 Å². The fourth-order valence-electron chi connectivity index (χ4n) is 2.10. The Balaban J connectivity index is 2.36. The van der Waals surface area contributed by atoms with Crippen LogP contribution in [0.4, 0.5) is 5.69 Å². The van der Waals surface area contributed by atoms with Gasteiger partial charge in [-0.1, -0.05) is 30.3 Å². The summed E-state index contributed by atoms with van der Waals surface area (Å²) in [6.45, 7) is 0. The lowest BCUT2D eigenvalue weighted by Gasteiger charge is -2.21. The molecule has 2 aromatic carbocycles. The molecular weight excluding hydrogens is 352 g/mol. The topological polar surface area (TPSA) is 147 Å². The summed E-state index contributed by atoms with van der Waals surface area (Å²) < 4.78 is 27.0. The minimum atomic E-state index is -4.22. The van der Waals surface area contributed by atoms with Gasteiger partial charge < -0.3 is 10.2 Å². The molecule has 2 aromatic rings. The fourth-order valence-corrected chi connectivity index (χ4v) is 3.33. The monoisotopic (exact) mass is 366 g/mol. The van der Waals surface area contributed by atoms with Crippen molar-refractivity contribution in [1.29, 1.82) is 0 Å². The molecule has 3 N–H and O–H groups in total. The van der Waals surface area contributed by atoms with Crippen LogP contribution in [0.25, 0.3) is 0 Å². The van der Waals surface area contributed by atoms with E-state index in [1.807, 2.05) is 0 Å². The van der Waals surface area contributed by atoms with Crippen LogP contribution in [0.5, 0.6) is 0 Å². The first kappa shape index (κ1) is 18.5.